The van der Waals surface area contributed by atoms with Crippen LogP contribution in [0.5, 0.6) is 5.75 Å². The number of para-hydroxylation sites is 2. The fourth-order valence-electron chi connectivity index (χ4n) is 3.01. The van der Waals surface area contributed by atoms with E-state index in [0.29, 0.717) is 5.82 Å². The average Bonchev–Trinajstić information content (AvgIpc) is 2.62. The maximum atomic E-state index is 12.6. The summed E-state index contributed by atoms with van der Waals surface area (Å²) in [7, 11) is 1.66. The summed E-state index contributed by atoms with van der Waals surface area (Å²) >= 11 is 0. The Kier molecular flexibility index (Phi) is 5.01. The number of methoxy groups -OCH3 is 1. The number of nitrogens with zero attached hydrogens (tertiary/aromatic N) is 2. The van der Waals surface area contributed by atoms with Crippen LogP contribution in [0.3, 0.4) is 0 Å². The highest BCUT2D eigenvalue weighted by Gasteiger charge is 2.30. The van der Waals surface area contributed by atoms with Crippen molar-refractivity contribution in [2.24, 2.45) is 0 Å². The monoisotopic (exact) mass is 351 g/mol. The summed E-state index contributed by atoms with van der Waals surface area (Å²) in [5.74, 6) is 1.32. The summed E-state index contributed by atoms with van der Waals surface area (Å²) in [6.45, 7) is 1.69. The Morgan fingerprint density at radius 1 is 1.12 bits per heavy atom. The van der Waals surface area contributed by atoms with Gasteiger partial charge >= 0.3 is 6.18 Å². The van der Waals surface area contributed by atoms with Gasteiger partial charge in [0, 0.05) is 25.3 Å². The fraction of sp³-hybridized carbons (Fsp3) is 0.389. The minimum atomic E-state index is -4.36. The van der Waals surface area contributed by atoms with E-state index in [0.717, 1.165) is 49.6 Å². The number of aromatic nitrogens is 1. The summed E-state index contributed by atoms with van der Waals surface area (Å²) < 4.78 is 43.1. The van der Waals surface area contributed by atoms with E-state index in [4.69, 9.17) is 4.74 Å². The summed E-state index contributed by atoms with van der Waals surface area (Å²) in [5.41, 5.74) is 0.333. The number of benzene rings is 1. The number of ether oxygens (including phenoxy) is 1. The Morgan fingerprint density at radius 3 is 2.44 bits per heavy atom. The van der Waals surface area contributed by atoms with Crippen molar-refractivity contribution in [3.63, 3.8) is 0 Å². The molecule has 0 amide bonds. The minimum Gasteiger partial charge on any atom is -0.495 e. The van der Waals surface area contributed by atoms with Gasteiger partial charge in [-0.15, -0.1) is 0 Å². The van der Waals surface area contributed by atoms with E-state index in [1.807, 2.05) is 24.3 Å². The van der Waals surface area contributed by atoms with E-state index in [2.05, 4.69) is 15.2 Å². The van der Waals surface area contributed by atoms with E-state index in [1.165, 1.54) is 6.07 Å². The standard InChI is InChI=1S/C18H20F3N3O/c1-25-16-5-3-2-4-15(16)24-10-8-14(9-11-24)23-17-7-6-13(12-22-17)18(19,20)21/h2-7,12,14H,8-11H2,1H3,(H,22,23). The molecular formula is C18H20F3N3O. The Labute approximate surface area is 144 Å². The predicted octanol–water partition coefficient (Wildman–Crippen LogP) is 4.19. The van der Waals surface area contributed by atoms with Crippen molar-refractivity contribution in [2.75, 3.05) is 30.4 Å². The van der Waals surface area contributed by atoms with Crippen LogP contribution in [0.4, 0.5) is 24.7 Å². The molecule has 0 aliphatic carbocycles. The van der Waals surface area contributed by atoms with Gasteiger partial charge in [0.05, 0.1) is 18.4 Å². The maximum absolute atomic E-state index is 12.6. The Morgan fingerprint density at radius 2 is 1.84 bits per heavy atom. The second-order valence-electron chi connectivity index (χ2n) is 6.01. The van der Waals surface area contributed by atoms with Crippen molar-refractivity contribution in [1.29, 1.82) is 0 Å². The third-order valence-electron chi connectivity index (χ3n) is 4.36. The molecule has 2 aromatic rings. The summed E-state index contributed by atoms with van der Waals surface area (Å²) in [6, 6.07) is 10.5. The Balaban J connectivity index is 1.58. The van der Waals surface area contributed by atoms with Gasteiger partial charge in [-0.3, -0.25) is 0 Å². The van der Waals surface area contributed by atoms with E-state index in [-0.39, 0.29) is 6.04 Å². The third-order valence-corrected chi connectivity index (χ3v) is 4.36. The molecule has 134 valence electrons. The highest BCUT2D eigenvalue weighted by atomic mass is 19.4. The number of hydrogen-bond donors (Lipinski definition) is 1. The summed E-state index contributed by atoms with van der Waals surface area (Å²) in [6.07, 6.45) is -1.74. The smallest absolute Gasteiger partial charge is 0.417 e. The van der Waals surface area contributed by atoms with Gasteiger partial charge < -0.3 is 15.0 Å². The molecule has 1 aromatic heterocycles. The molecule has 0 bridgehead atoms. The molecule has 1 fully saturated rings. The van der Waals surface area contributed by atoms with E-state index in [1.54, 1.807) is 7.11 Å². The largest absolute Gasteiger partial charge is 0.495 e. The molecule has 1 aromatic carbocycles. The fourth-order valence-corrected chi connectivity index (χ4v) is 3.01. The first-order chi connectivity index (χ1) is 12.0. The molecule has 0 saturated carbocycles. The Bertz CT molecular complexity index is 695. The van der Waals surface area contributed by atoms with Gasteiger partial charge in [0.2, 0.25) is 0 Å². The molecule has 0 atom stereocenters. The number of hydrogen-bond acceptors (Lipinski definition) is 4. The van der Waals surface area contributed by atoms with E-state index < -0.39 is 11.7 Å². The first-order valence-electron chi connectivity index (χ1n) is 8.15. The predicted molar refractivity (Wildman–Crippen MR) is 91.1 cm³/mol. The van der Waals surface area contributed by atoms with Gasteiger partial charge in [0.25, 0.3) is 0 Å². The van der Waals surface area contributed by atoms with Crippen LogP contribution in [-0.4, -0.2) is 31.2 Å². The van der Waals surface area contributed by atoms with E-state index in [9.17, 15) is 13.2 Å². The van der Waals surface area contributed by atoms with Gasteiger partial charge in [0.1, 0.15) is 11.6 Å². The summed E-state index contributed by atoms with van der Waals surface area (Å²) in [4.78, 5) is 6.14. The minimum absolute atomic E-state index is 0.190. The highest BCUT2D eigenvalue weighted by molar-refractivity contribution is 5.58. The Hall–Kier alpha value is -2.44. The summed E-state index contributed by atoms with van der Waals surface area (Å²) in [5, 5.41) is 3.22. The first-order valence-corrected chi connectivity index (χ1v) is 8.15. The SMILES string of the molecule is COc1ccccc1N1CCC(Nc2ccc(C(F)(F)F)cn2)CC1. The zero-order valence-electron chi connectivity index (χ0n) is 13.9. The quantitative estimate of drug-likeness (QED) is 0.896. The number of anilines is 2. The maximum Gasteiger partial charge on any atom is 0.417 e. The van der Waals surface area contributed by atoms with Crippen LogP contribution in [-0.2, 0) is 6.18 Å². The third kappa shape index (κ3) is 4.15. The number of piperidine rings is 1. The lowest BCUT2D eigenvalue weighted by Gasteiger charge is -2.34. The zero-order valence-corrected chi connectivity index (χ0v) is 13.9. The van der Waals surface area contributed by atoms with Gasteiger partial charge in [-0.05, 0) is 37.1 Å². The molecule has 3 rings (SSSR count). The van der Waals surface area contributed by atoms with Gasteiger partial charge in [0.15, 0.2) is 0 Å². The van der Waals surface area contributed by atoms with Crippen molar-refractivity contribution in [3.8, 4) is 5.75 Å². The van der Waals surface area contributed by atoms with Crippen LogP contribution in [0.25, 0.3) is 0 Å². The lowest BCUT2D eigenvalue weighted by atomic mass is 10.0. The van der Waals surface area contributed by atoms with Crippen molar-refractivity contribution in [2.45, 2.75) is 25.1 Å². The normalized spacial score (nSPS) is 15.9. The molecular weight excluding hydrogens is 331 g/mol. The number of nitrogens with one attached hydrogen (secondary N) is 1. The molecule has 0 unspecified atom stereocenters. The van der Waals surface area contributed by atoms with Crippen LogP contribution < -0.4 is 15.0 Å². The lowest BCUT2D eigenvalue weighted by molar-refractivity contribution is -0.137. The molecule has 0 radical (unpaired) electrons. The molecule has 25 heavy (non-hydrogen) atoms. The van der Waals surface area contributed by atoms with Gasteiger partial charge in [-0.2, -0.15) is 13.2 Å². The van der Waals surface area contributed by atoms with Crippen LogP contribution in [0.15, 0.2) is 42.6 Å². The van der Waals surface area contributed by atoms with Crippen LogP contribution in [0.1, 0.15) is 18.4 Å². The van der Waals surface area contributed by atoms with Crippen molar-refractivity contribution in [3.05, 3.63) is 48.2 Å². The van der Waals surface area contributed by atoms with Crippen LogP contribution in [0.2, 0.25) is 0 Å². The highest BCUT2D eigenvalue weighted by Crippen LogP contribution is 2.31. The average molecular weight is 351 g/mol. The molecule has 1 aliphatic rings. The zero-order chi connectivity index (χ0) is 17.9. The molecule has 7 heteroatoms. The first kappa shape index (κ1) is 17.4. The number of alkyl halides is 3. The number of rotatable bonds is 4. The van der Waals surface area contributed by atoms with Crippen molar-refractivity contribution >= 4 is 11.5 Å². The molecule has 0 spiro atoms. The van der Waals surface area contributed by atoms with Crippen molar-refractivity contribution < 1.29 is 17.9 Å². The van der Waals surface area contributed by atoms with E-state index >= 15 is 0 Å². The number of pyridine rings is 1. The second-order valence-corrected chi connectivity index (χ2v) is 6.01. The molecule has 1 saturated heterocycles. The molecule has 1 N–H and O–H groups in total. The molecule has 1 aliphatic heterocycles. The molecule has 2 heterocycles. The molecule has 4 nitrogen and oxygen atoms in total. The van der Waals surface area contributed by atoms with Crippen LogP contribution in [0, 0.1) is 0 Å². The van der Waals surface area contributed by atoms with Gasteiger partial charge in [-0.1, -0.05) is 12.1 Å². The van der Waals surface area contributed by atoms with Crippen molar-refractivity contribution in [1.82, 2.24) is 4.98 Å². The van der Waals surface area contributed by atoms with Gasteiger partial charge in [-0.25, -0.2) is 4.98 Å². The van der Waals surface area contributed by atoms with Crippen LogP contribution >= 0.6 is 0 Å². The number of halogens is 3. The topological polar surface area (TPSA) is 37.4 Å². The lowest BCUT2D eigenvalue weighted by Crippen LogP contribution is -2.39. The second kappa shape index (κ2) is 7.21.